The lowest BCUT2D eigenvalue weighted by molar-refractivity contribution is -0.0565. The average molecular weight is 333 g/mol. The number of ether oxygens (including phenoxy) is 2. The van der Waals surface area contributed by atoms with Crippen LogP contribution in [0.2, 0.25) is 0 Å². The Balaban J connectivity index is 2.12. The maximum atomic E-state index is 9.67. The van der Waals surface area contributed by atoms with Crippen LogP contribution in [0.3, 0.4) is 0 Å². The monoisotopic (exact) mass is 333 g/mol. The molecule has 3 heterocycles. The SMILES string of the molecule is CC[C@@]1(C)Cc2c(C#N)c(SC)nc(N3CCOCC3)c2CO1. The first-order chi connectivity index (χ1) is 11.1. The van der Waals surface area contributed by atoms with Crippen molar-refractivity contribution in [1.29, 1.82) is 5.26 Å². The van der Waals surface area contributed by atoms with Crippen molar-refractivity contribution >= 4 is 17.6 Å². The van der Waals surface area contributed by atoms with Crippen LogP contribution in [0.1, 0.15) is 37.0 Å². The molecule has 1 fully saturated rings. The van der Waals surface area contributed by atoms with E-state index in [1.807, 2.05) is 6.26 Å². The number of nitrogens with zero attached hydrogens (tertiary/aromatic N) is 3. The number of morpholine rings is 1. The number of anilines is 1. The van der Waals surface area contributed by atoms with Crippen molar-refractivity contribution in [3.05, 3.63) is 16.7 Å². The highest BCUT2D eigenvalue weighted by Gasteiger charge is 2.35. The molecule has 1 aromatic rings. The molecular weight excluding hydrogens is 310 g/mol. The van der Waals surface area contributed by atoms with Gasteiger partial charge in [0, 0.05) is 25.1 Å². The first-order valence-electron chi connectivity index (χ1n) is 8.08. The minimum Gasteiger partial charge on any atom is -0.378 e. The van der Waals surface area contributed by atoms with Crippen molar-refractivity contribution in [3.8, 4) is 6.07 Å². The van der Waals surface area contributed by atoms with Crippen LogP contribution in [0.5, 0.6) is 0 Å². The van der Waals surface area contributed by atoms with E-state index in [1.54, 1.807) is 11.8 Å². The van der Waals surface area contributed by atoms with Gasteiger partial charge >= 0.3 is 0 Å². The maximum Gasteiger partial charge on any atom is 0.135 e. The van der Waals surface area contributed by atoms with Crippen LogP contribution < -0.4 is 4.90 Å². The van der Waals surface area contributed by atoms with E-state index in [0.29, 0.717) is 6.61 Å². The van der Waals surface area contributed by atoms with Gasteiger partial charge in [-0.1, -0.05) is 6.92 Å². The fourth-order valence-electron chi connectivity index (χ4n) is 3.18. The van der Waals surface area contributed by atoms with Gasteiger partial charge < -0.3 is 14.4 Å². The quantitative estimate of drug-likeness (QED) is 0.793. The zero-order chi connectivity index (χ0) is 16.4. The van der Waals surface area contributed by atoms with Crippen LogP contribution in [0, 0.1) is 11.3 Å². The fourth-order valence-corrected chi connectivity index (χ4v) is 3.73. The smallest absolute Gasteiger partial charge is 0.135 e. The van der Waals surface area contributed by atoms with Crippen molar-refractivity contribution in [2.75, 3.05) is 37.5 Å². The Morgan fingerprint density at radius 2 is 2.09 bits per heavy atom. The fraction of sp³-hybridized carbons (Fsp3) is 0.647. The van der Waals surface area contributed by atoms with Crippen molar-refractivity contribution in [1.82, 2.24) is 4.98 Å². The number of hydrogen-bond acceptors (Lipinski definition) is 6. The Labute approximate surface area is 142 Å². The van der Waals surface area contributed by atoms with Gasteiger partial charge in [-0.25, -0.2) is 4.98 Å². The molecule has 0 amide bonds. The van der Waals surface area contributed by atoms with Crippen LogP contribution in [0.25, 0.3) is 0 Å². The van der Waals surface area contributed by atoms with Crippen molar-refractivity contribution in [2.45, 2.75) is 43.9 Å². The summed E-state index contributed by atoms with van der Waals surface area (Å²) in [6.07, 6.45) is 3.69. The van der Waals surface area contributed by atoms with Crippen LogP contribution in [-0.2, 0) is 22.5 Å². The van der Waals surface area contributed by atoms with Gasteiger partial charge in [0.2, 0.25) is 0 Å². The van der Waals surface area contributed by atoms with E-state index in [9.17, 15) is 5.26 Å². The van der Waals surface area contributed by atoms with Crippen molar-refractivity contribution < 1.29 is 9.47 Å². The average Bonchev–Trinajstić information content (AvgIpc) is 2.60. The molecule has 1 saturated heterocycles. The third-order valence-corrected chi connectivity index (χ3v) is 5.52. The van der Waals surface area contributed by atoms with E-state index < -0.39 is 0 Å². The van der Waals surface area contributed by atoms with E-state index in [1.165, 1.54) is 0 Å². The molecule has 0 aliphatic carbocycles. The number of pyridine rings is 1. The summed E-state index contributed by atoms with van der Waals surface area (Å²) in [4.78, 5) is 7.07. The highest BCUT2D eigenvalue weighted by Crippen LogP contribution is 2.39. The Morgan fingerprint density at radius 3 is 2.70 bits per heavy atom. The molecule has 1 aromatic heterocycles. The summed E-state index contributed by atoms with van der Waals surface area (Å²) in [6.45, 7) is 7.91. The van der Waals surface area contributed by atoms with Gasteiger partial charge in [-0.15, -0.1) is 11.8 Å². The summed E-state index contributed by atoms with van der Waals surface area (Å²) in [5.41, 5.74) is 2.75. The van der Waals surface area contributed by atoms with E-state index in [4.69, 9.17) is 14.5 Å². The number of nitriles is 1. The van der Waals surface area contributed by atoms with Gasteiger partial charge in [0.05, 0.1) is 31.0 Å². The predicted octanol–water partition coefficient (Wildman–Crippen LogP) is 2.75. The van der Waals surface area contributed by atoms with E-state index >= 15 is 0 Å². The number of rotatable bonds is 3. The lowest BCUT2D eigenvalue weighted by Crippen LogP contribution is -2.40. The summed E-state index contributed by atoms with van der Waals surface area (Å²) in [5, 5.41) is 10.5. The van der Waals surface area contributed by atoms with Crippen LogP contribution in [0.15, 0.2) is 5.03 Å². The number of fused-ring (bicyclic) bond motifs is 1. The van der Waals surface area contributed by atoms with Crippen molar-refractivity contribution in [3.63, 3.8) is 0 Å². The molecule has 0 spiro atoms. The summed E-state index contributed by atoms with van der Waals surface area (Å²) < 4.78 is 11.6. The van der Waals surface area contributed by atoms with Crippen molar-refractivity contribution in [2.24, 2.45) is 0 Å². The van der Waals surface area contributed by atoms with E-state index in [0.717, 1.165) is 66.7 Å². The molecule has 0 aromatic carbocycles. The Kier molecular flexibility index (Phi) is 4.81. The minimum absolute atomic E-state index is 0.197. The molecule has 0 radical (unpaired) electrons. The van der Waals surface area contributed by atoms with Crippen LogP contribution in [0.4, 0.5) is 5.82 Å². The molecule has 0 N–H and O–H groups in total. The number of aromatic nitrogens is 1. The second kappa shape index (κ2) is 6.68. The first-order valence-corrected chi connectivity index (χ1v) is 9.31. The van der Waals surface area contributed by atoms with Crippen LogP contribution in [-0.4, -0.2) is 43.1 Å². The predicted molar refractivity (Wildman–Crippen MR) is 91.0 cm³/mol. The zero-order valence-corrected chi connectivity index (χ0v) is 14.8. The molecule has 1 atom stereocenters. The summed E-state index contributed by atoms with van der Waals surface area (Å²) in [7, 11) is 0. The molecule has 0 bridgehead atoms. The van der Waals surface area contributed by atoms with Crippen LogP contribution >= 0.6 is 11.8 Å². The van der Waals surface area contributed by atoms with Gasteiger partial charge in [0.1, 0.15) is 16.9 Å². The highest BCUT2D eigenvalue weighted by molar-refractivity contribution is 7.98. The summed E-state index contributed by atoms with van der Waals surface area (Å²) in [5.74, 6) is 0.977. The Hall–Kier alpha value is -1.29. The lowest BCUT2D eigenvalue weighted by atomic mass is 9.86. The van der Waals surface area contributed by atoms with Gasteiger partial charge in [-0.05, 0) is 25.2 Å². The zero-order valence-electron chi connectivity index (χ0n) is 14.0. The maximum absolute atomic E-state index is 9.67. The largest absolute Gasteiger partial charge is 0.378 e. The number of thioether (sulfide) groups is 1. The Bertz CT molecular complexity index is 638. The van der Waals surface area contributed by atoms with E-state index in [2.05, 4.69) is 24.8 Å². The molecule has 6 heteroatoms. The van der Waals surface area contributed by atoms with Gasteiger partial charge in [-0.2, -0.15) is 5.26 Å². The van der Waals surface area contributed by atoms with Gasteiger partial charge in [0.25, 0.3) is 0 Å². The molecule has 0 unspecified atom stereocenters. The lowest BCUT2D eigenvalue weighted by Gasteiger charge is -2.38. The summed E-state index contributed by atoms with van der Waals surface area (Å²) >= 11 is 1.55. The van der Waals surface area contributed by atoms with Gasteiger partial charge in [0.15, 0.2) is 0 Å². The third-order valence-electron chi connectivity index (χ3n) is 4.84. The standard InChI is InChI=1S/C17H23N3O2S/c1-4-17(2)9-12-13(10-18)16(23-3)19-15(14(12)11-22-17)20-5-7-21-8-6-20/h4-9,11H2,1-3H3/t17-/m0/s1. The summed E-state index contributed by atoms with van der Waals surface area (Å²) in [6, 6.07) is 2.38. The highest BCUT2D eigenvalue weighted by atomic mass is 32.2. The second-order valence-electron chi connectivity index (χ2n) is 6.26. The molecule has 5 nitrogen and oxygen atoms in total. The minimum atomic E-state index is -0.197. The molecular formula is C17H23N3O2S. The topological polar surface area (TPSA) is 58.4 Å². The Morgan fingerprint density at radius 1 is 1.35 bits per heavy atom. The molecule has 2 aliphatic heterocycles. The van der Waals surface area contributed by atoms with E-state index in [-0.39, 0.29) is 5.60 Å². The molecule has 124 valence electrons. The second-order valence-corrected chi connectivity index (χ2v) is 7.05. The third kappa shape index (κ3) is 3.06. The molecule has 23 heavy (non-hydrogen) atoms. The molecule has 0 saturated carbocycles. The first kappa shape index (κ1) is 16.6. The van der Waals surface area contributed by atoms with Gasteiger partial charge in [-0.3, -0.25) is 0 Å². The normalized spacial score (nSPS) is 24.2. The molecule has 3 rings (SSSR count). The molecule has 2 aliphatic rings. The number of hydrogen-bond donors (Lipinski definition) is 0.